The molecule has 0 bridgehead atoms. The van der Waals surface area contributed by atoms with Gasteiger partial charge in [0.15, 0.2) is 0 Å². The Labute approximate surface area is 235 Å². The molecule has 0 spiro atoms. The van der Waals surface area contributed by atoms with Crippen molar-refractivity contribution in [1.82, 2.24) is 9.97 Å². The van der Waals surface area contributed by atoms with E-state index in [1.807, 2.05) is 39.0 Å². The van der Waals surface area contributed by atoms with Crippen LogP contribution < -0.4 is 15.2 Å². The summed E-state index contributed by atoms with van der Waals surface area (Å²) in [7, 11) is 0. The molecule has 2 aromatic carbocycles. The molecule has 0 aliphatic carbocycles. The highest BCUT2D eigenvalue weighted by Crippen LogP contribution is 2.35. The zero-order chi connectivity index (χ0) is 28.7. The van der Waals surface area contributed by atoms with Crippen molar-refractivity contribution in [2.45, 2.75) is 78.5 Å². The van der Waals surface area contributed by atoms with Crippen molar-refractivity contribution in [3.63, 3.8) is 0 Å². The number of carboxylic acids is 1. The minimum atomic E-state index is -0.982. The smallest absolute Gasteiger partial charge is 0.335 e. The molecule has 0 saturated carbocycles. The van der Waals surface area contributed by atoms with Gasteiger partial charge in [-0.3, -0.25) is 4.72 Å². The minimum absolute atomic E-state index is 0.0783. The number of nitrogens with two attached hydrogens (primary N) is 1. The standard InChI is InChI=1S/C30H40N4O4S/c1-18(2)37-16-22-12-8-10-19(3)25(22)26-20(4)27(38-17-23(31)15-30(5,6)7)33-29(32-26)34-39-24-13-9-11-21(14-24)28(35)36/h8-14,18,23H,15-17,31H2,1-7H3,(H,35,36)(H,32,33,34). The summed E-state index contributed by atoms with van der Waals surface area (Å²) in [5.74, 6) is -0.185. The lowest BCUT2D eigenvalue weighted by atomic mass is 9.89. The number of aromatic carboxylic acids is 1. The lowest BCUT2D eigenvalue weighted by molar-refractivity contribution is 0.0659. The van der Waals surface area contributed by atoms with E-state index < -0.39 is 5.97 Å². The van der Waals surface area contributed by atoms with Gasteiger partial charge < -0.3 is 20.3 Å². The Bertz CT molecular complexity index is 1290. The molecule has 0 fully saturated rings. The zero-order valence-electron chi connectivity index (χ0n) is 23.9. The van der Waals surface area contributed by atoms with Crippen LogP contribution in [-0.4, -0.2) is 39.8 Å². The fraction of sp³-hybridized carbons (Fsp3) is 0.433. The second-order valence-electron chi connectivity index (χ2n) is 11.2. The Morgan fingerprint density at radius 2 is 1.85 bits per heavy atom. The highest BCUT2D eigenvalue weighted by atomic mass is 32.2. The van der Waals surface area contributed by atoms with Crippen LogP contribution in [0, 0.1) is 19.3 Å². The number of carbonyl (C=O) groups is 1. The van der Waals surface area contributed by atoms with Crippen molar-refractivity contribution in [2.75, 3.05) is 11.3 Å². The molecular weight excluding hydrogens is 512 g/mol. The second kappa shape index (κ2) is 13.3. The van der Waals surface area contributed by atoms with Gasteiger partial charge >= 0.3 is 5.97 Å². The number of hydrogen-bond acceptors (Lipinski definition) is 8. The van der Waals surface area contributed by atoms with Crippen molar-refractivity contribution in [2.24, 2.45) is 11.1 Å². The van der Waals surface area contributed by atoms with E-state index in [1.54, 1.807) is 18.2 Å². The Hall–Kier alpha value is -3.14. The quantitative estimate of drug-likeness (QED) is 0.212. The molecule has 3 aromatic rings. The summed E-state index contributed by atoms with van der Waals surface area (Å²) < 4.78 is 15.3. The summed E-state index contributed by atoms with van der Waals surface area (Å²) in [4.78, 5) is 21.7. The molecule has 1 unspecified atom stereocenters. The predicted molar refractivity (Wildman–Crippen MR) is 157 cm³/mol. The Morgan fingerprint density at radius 3 is 2.51 bits per heavy atom. The molecule has 0 radical (unpaired) electrons. The molecule has 3 rings (SSSR count). The molecule has 210 valence electrons. The highest BCUT2D eigenvalue weighted by molar-refractivity contribution is 8.00. The summed E-state index contributed by atoms with van der Waals surface area (Å²) >= 11 is 1.24. The van der Waals surface area contributed by atoms with Gasteiger partial charge in [0.25, 0.3) is 0 Å². The largest absolute Gasteiger partial charge is 0.478 e. The van der Waals surface area contributed by atoms with E-state index >= 15 is 0 Å². The first-order chi connectivity index (χ1) is 18.3. The molecule has 1 atom stereocenters. The maximum atomic E-state index is 11.4. The Balaban J connectivity index is 2.00. The summed E-state index contributed by atoms with van der Waals surface area (Å²) in [6.07, 6.45) is 0.891. The van der Waals surface area contributed by atoms with Gasteiger partial charge in [0.2, 0.25) is 11.8 Å². The van der Waals surface area contributed by atoms with Crippen LogP contribution in [0.5, 0.6) is 5.88 Å². The molecule has 0 amide bonds. The normalized spacial score (nSPS) is 12.4. The fourth-order valence-corrected chi connectivity index (χ4v) is 4.83. The second-order valence-corrected chi connectivity index (χ2v) is 12.0. The monoisotopic (exact) mass is 552 g/mol. The van der Waals surface area contributed by atoms with E-state index in [2.05, 4.69) is 43.5 Å². The van der Waals surface area contributed by atoms with Crippen LogP contribution in [0.1, 0.15) is 68.1 Å². The summed E-state index contributed by atoms with van der Waals surface area (Å²) in [5, 5.41) is 9.34. The lowest BCUT2D eigenvalue weighted by Crippen LogP contribution is -2.32. The van der Waals surface area contributed by atoms with E-state index in [0.29, 0.717) is 25.0 Å². The van der Waals surface area contributed by atoms with E-state index in [0.717, 1.165) is 39.3 Å². The summed E-state index contributed by atoms with van der Waals surface area (Å²) in [5.41, 5.74) is 11.3. The fourth-order valence-electron chi connectivity index (χ4n) is 4.20. The number of aromatic nitrogens is 2. The molecule has 39 heavy (non-hydrogen) atoms. The third kappa shape index (κ3) is 8.95. The first-order valence-corrected chi connectivity index (χ1v) is 13.9. The van der Waals surface area contributed by atoms with Crippen molar-refractivity contribution >= 4 is 23.9 Å². The summed E-state index contributed by atoms with van der Waals surface area (Å²) in [6.45, 7) is 15.2. The Morgan fingerprint density at radius 1 is 1.13 bits per heavy atom. The zero-order valence-corrected chi connectivity index (χ0v) is 24.7. The molecular formula is C30H40N4O4S. The number of hydrogen-bond donors (Lipinski definition) is 3. The predicted octanol–water partition coefficient (Wildman–Crippen LogP) is 6.65. The minimum Gasteiger partial charge on any atom is -0.478 e. The number of nitrogens with one attached hydrogen (secondary N) is 1. The number of aryl methyl sites for hydroxylation is 1. The van der Waals surface area contributed by atoms with Crippen LogP contribution in [0.3, 0.4) is 0 Å². The third-order valence-electron chi connectivity index (χ3n) is 5.92. The van der Waals surface area contributed by atoms with Gasteiger partial charge in [0.05, 0.1) is 24.0 Å². The Kier molecular flexibility index (Phi) is 10.4. The molecule has 8 nitrogen and oxygen atoms in total. The topological polar surface area (TPSA) is 120 Å². The number of ether oxygens (including phenoxy) is 2. The molecule has 0 aliphatic rings. The van der Waals surface area contributed by atoms with Gasteiger partial charge in [0.1, 0.15) is 6.61 Å². The first-order valence-electron chi connectivity index (χ1n) is 13.1. The number of nitrogens with zero attached hydrogens (tertiary/aromatic N) is 2. The molecule has 0 aliphatic heterocycles. The highest BCUT2D eigenvalue weighted by Gasteiger charge is 2.21. The average Bonchev–Trinajstić information content (AvgIpc) is 2.85. The van der Waals surface area contributed by atoms with Gasteiger partial charge in [-0.25, -0.2) is 9.78 Å². The van der Waals surface area contributed by atoms with Crippen molar-refractivity contribution in [3.8, 4) is 17.1 Å². The van der Waals surface area contributed by atoms with Crippen LogP contribution in [-0.2, 0) is 11.3 Å². The van der Waals surface area contributed by atoms with Gasteiger partial charge in [-0.15, -0.1) is 0 Å². The van der Waals surface area contributed by atoms with Gasteiger partial charge in [-0.1, -0.05) is 45.0 Å². The number of rotatable bonds is 12. The molecule has 1 aromatic heterocycles. The maximum Gasteiger partial charge on any atom is 0.335 e. The van der Waals surface area contributed by atoms with E-state index in [-0.39, 0.29) is 23.1 Å². The van der Waals surface area contributed by atoms with Crippen LogP contribution in [0.15, 0.2) is 47.4 Å². The molecule has 4 N–H and O–H groups in total. The van der Waals surface area contributed by atoms with Crippen LogP contribution in [0.25, 0.3) is 11.3 Å². The van der Waals surface area contributed by atoms with Crippen molar-refractivity contribution in [1.29, 1.82) is 0 Å². The maximum absolute atomic E-state index is 11.4. The summed E-state index contributed by atoms with van der Waals surface area (Å²) in [6, 6.07) is 12.6. The molecule has 1 heterocycles. The SMILES string of the molecule is Cc1cccc(COC(C)C)c1-c1nc(NSc2cccc(C(=O)O)c2)nc(OCC(N)CC(C)(C)C)c1C. The van der Waals surface area contributed by atoms with E-state index in [9.17, 15) is 9.90 Å². The van der Waals surface area contributed by atoms with E-state index in [4.69, 9.17) is 20.2 Å². The van der Waals surface area contributed by atoms with Crippen LogP contribution in [0.2, 0.25) is 0 Å². The number of benzene rings is 2. The van der Waals surface area contributed by atoms with Gasteiger partial charge in [0, 0.05) is 22.1 Å². The number of carboxylic acid groups (broad SMARTS) is 1. The van der Waals surface area contributed by atoms with E-state index in [1.165, 1.54) is 11.9 Å². The first kappa shape index (κ1) is 30.4. The average molecular weight is 553 g/mol. The third-order valence-corrected chi connectivity index (χ3v) is 6.69. The van der Waals surface area contributed by atoms with Crippen LogP contribution >= 0.6 is 11.9 Å². The molecule has 9 heteroatoms. The number of anilines is 1. The van der Waals surface area contributed by atoms with Gasteiger partial charge in [-0.2, -0.15) is 4.98 Å². The van der Waals surface area contributed by atoms with Crippen molar-refractivity contribution in [3.05, 3.63) is 64.7 Å². The lowest BCUT2D eigenvalue weighted by Gasteiger charge is -2.24. The van der Waals surface area contributed by atoms with Crippen LogP contribution in [0.4, 0.5) is 5.95 Å². The van der Waals surface area contributed by atoms with Crippen molar-refractivity contribution < 1.29 is 19.4 Å². The van der Waals surface area contributed by atoms with Gasteiger partial charge in [-0.05, 0) is 80.8 Å². The molecule has 0 saturated heterocycles.